The molecule has 5 heteroatoms. The molecular weight excluding hydrogens is 269 g/mol. The Kier molecular flexibility index (Phi) is 2.78. The minimum Gasteiger partial charge on any atom is -0.457 e. The minimum absolute atomic E-state index is 0.251. The van der Waals surface area contributed by atoms with E-state index >= 15 is 0 Å². The average Bonchev–Trinajstić information content (AvgIpc) is 2.79. The maximum atomic E-state index is 12.5. The Morgan fingerprint density at radius 1 is 0.950 bits per heavy atom. The molecule has 1 heterocycles. The monoisotopic (exact) mass is 278 g/mol. The van der Waals surface area contributed by atoms with Crippen LogP contribution >= 0.6 is 0 Å². The molecule has 0 unspecified atom stereocenters. The van der Waals surface area contributed by atoms with Crippen molar-refractivity contribution in [1.82, 2.24) is 0 Å². The zero-order chi connectivity index (χ0) is 14.3. The van der Waals surface area contributed by atoms with Gasteiger partial charge in [0.1, 0.15) is 6.61 Å². The van der Waals surface area contributed by atoms with Crippen molar-refractivity contribution in [3.63, 3.8) is 0 Å². The van der Waals surface area contributed by atoms with Crippen molar-refractivity contribution < 1.29 is 22.7 Å². The highest BCUT2D eigenvalue weighted by atomic mass is 19.4. The first kappa shape index (κ1) is 12.7. The predicted octanol–water partition coefficient (Wildman–Crippen LogP) is 4.04. The maximum Gasteiger partial charge on any atom is 0.416 e. The lowest BCUT2D eigenvalue weighted by molar-refractivity contribution is -0.137. The van der Waals surface area contributed by atoms with Crippen molar-refractivity contribution in [2.45, 2.75) is 12.8 Å². The summed E-state index contributed by atoms with van der Waals surface area (Å²) in [6.45, 7) is 0.251. The highest BCUT2D eigenvalue weighted by Gasteiger charge is 2.30. The van der Waals surface area contributed by atoms with Crippen LogP contribution in [0.3, 0.4) is 0 Å². The molecule has 0 bridgehead atoms. The summed E-state index contributed by atoms with van der Waals surface area (Å²) in [6, 6.07) is 10.0. The van der Waals surface area contributed by atoms with Crippen LogP contribution < -0.4 is 0 Å². The van der Waals surface area contributed by atoms with E-state index < -0.39 is 17.7 Å². The number of cyclic esters (lactones) is 1. The third-order valence-electron chi connectivity index (χ3n) is 3.23. The first-order chi connectivity index (χ1) is 9.45. The average molecular weight is 278 g/mol. The molecular formula is C15H9F3O2. The summed E-state index contributed by atoms with van der Waals surface area (Å²) in [4.78, 5) is 11.5. The van der Waals surface area contributed by atoms with E-state index in [0.717, 1.165) is 17.7 Å². The van der Waals surface area contributed by atoms with Crippen molar-refractivity contribution in [3.8, 4) is 11.1 Å². The van der Waals surface area contributed by atoms with E-state index in [0.29, 0.717) is 16.7 Å². The Morgan fingerprint density at radius 3 is 2.25 bits per heavy atom. The highest BCUT2D eigenvalue weighted by Crippen LogP contribution is 2.32. The van der Waals surface area contributed by atoms with Crippen LogP contribution in [0.4, 0.5) is 13.2 Å². The second kappa shape index (κ2) is 4.37. The quantitative estimate of drug-likeness (QED) is 0.736. The molecule has 0 saturated carbocycles. The van der Waals surface area contributed by atoms with Gasteiger partial charge < -0.3 is 4.74 Å². The lowest BCUT2D eigenvalue weighted by atomic mass is 9.99. The molecule has 0 N–H and O–H groups in total. The number of benzene rings is 2. The van der Waals surface area contributed by atoms with Crippen LogP contribution in [0.25, 0.3) is 11.1 Å². The maximum absolute atomic E-state index is 12.5. The number of fused-ring (bicyclic) bond motifs is 1. The molecule has 1 aliphatic heterocycles. The van der Waals surface area contributed by atoms with E-state index in [9.17, 15) is 18.0 Å². The van der Waals surface area contributed by atoms with Gasteiger partial charge in [-0.05, 0) is 29.3 Å². The standard InChI is InChI=1S/C15H9F3O2/c16-15(17,18)12-5-3-9(4-6-12)10-1-2-11-8-20-14(19)13(11)7-10/h1-7H,8H2. The number of ether oxygens (including phenoxy) is 1. The van der Waals surface area contributed by atoms with Gasteiger partial charge in [-0.25, -0.2) is 4.79 Å². The molecule has 0 aromatic heterocycles. The summed E-state index contributed by atoms with van der Waals surface area (Å²) < 4.78 is 42.4. The third kappa shape index (κ3) is 2.15. The molecule has 2 aromatic rings. The van der Waals surface area contributed by atoms with Crippen LogP contribution in [-0.2, 0) is 17.5 Å². The lowest BCUT2D eigenvalue weighted by Gasteiger charge is -2.08. The molecule has 102 valence electrons. The summed E-state index contributed by atoms with van der Waals surface area (Å²) in [5, 5.41) is 0. The van der Waals surface area contributed by atoms with Crippen molar-refractivity contribution in [2.75, 3.05) is 0 Å². The van der Waals surface area contributed by atoms with E-state index in [1.54, 1.807) is 18.2 Å². The number of carbonyl (C=O) groups is 1. The Hall–Kier alpha value is -2.30. The zero-order valence-corrected chi connectivity index (χ0v) is 10.2. The summed E-state index contributed by atoms with van der Waals surface area (Å²) in [5.74, 6) is -0.395. The van der Waals surface area contributed by atoms with Crippen LogP contribution in [0.1, 0.15) is 21.5 Å². The zero-order valence-electron chi connectivity index (χ0n) is 10.2. The smallest absolute Gasteiger partial charge is 0.416 e. The van der Waals surface area contributed by atoms with Gasteiger partial charge in [-0.2, -0.15) is 13.2 Å². The largest absolute Gasteiger partial charge is 0.457 e. The Labute approximate surface area is 112 Å². The SMILES string of the molecule is O=C1OCc2ccc(-c3ccc(C(F)(F)F)cc3)cc21. The summed E-state index contributed by atoms with van der Waals surface area (Å²) >= 11 is 0. The van der Waals surface area contributed by atoms with Gasteiger partial charge in [-0.15, -0.1) is 0 Å². The summed E-state index contributed by atoms with van der Waals surface area (Å²) in [7, 11) is 0. The van der Waals surface area contributed by atoms with Gasteiger partial charge in [0.25, 0.3) is 0 Å². The lowest BCUT2D eigenvalue weighted by Crippen LogP contribution is -2.04. The molecule has 2 nitrogen and oxygen atoms in total. The number of hydrogen-bond acceptors (Lipinski definition) is 2. The summed E-state index contributed by atoms with van der Waals surface area (Å²) in [6.07, 6.45) is -4.35. The predicted molar refractivity (Wildman–Crippen MR) is 66.0 cm³/mol. The molecule has 20 heavy (non-hydrogen) atoms. The van der Waals surface area contributed by atoms with E-state index in [2.05, 4.69) is 0 Å². The number of rotatable bonds is 1. The van der Waals surface area contributed by atoms with Gasteiger partial charge in [-0.1, -0.05) is 24.3 Å². The first-order valence-electron chi connectivity index (χ1n) is 5.93. The molecule has 0 aliphatic carbocycles. The number of halogens is 3. The van der Waals surface area contributed by atoms with Gasteiger partial charge >= 0.3 is 12.1 Å². The van der Waals surface area contributed by atoms with E-state index in [-0.39, 0.29) is 6.61 Å². The molecule has 0 atom stereocenters. The summed E-state index contributed by atoms with van der Waals surface area (Å²) in [5.41, 5.74) is 1.90. The number of carbonyl (C=O) groups excluding carboxylic acids is 1. The molecule has 3 rings (SSSR count). The van der Waals surface area contributed by atoms with Crippen LogP contribution in [0.15, 0.2) is 42.5 Å². The molecule has 0 radical (unpaired) electrons. The Morgan fingerprint density at radius 2 is 1.60 bits per heavy atom. The number of hydrogen-bond donors (Lipinski definition) is 0. The molecule has 1 aliphatic rings. The van der Waals surface area contributed by atoms with Crippen LogP contribution in [0, 0.1) is 0 Å². The number of alkyl halides is 3. The second-order valence-electron chi connectivity index (χ2n) is 4.52. The van der Waals surface area contributed by atoms with Crippen molar-refractivity contribution in [1.29, 1.82) is 0 Å². The second-order valence-corrected chi connectivity index (χ2v) is 4.52. The van der Waals surface area contributed by atoms with Crippen molar-refractivity contribution in [2.24, 2.45) is 0 Å². The topological polar surface area (TPSA) is 26.3 Å². The Balaban J connectivity index is 1.98. The van der Waals surface area contributed by atoms with Crippen LogP contribution in [-0.4, -0.2) is 5.97 Å². The molecule has 0 spiro atoms. The highest BCUT2D eigenvalue weighted by molar-refractivity contribution is 5.94. The number of esters is 1. The molecule has 0 amide bonds. The molecule has 0 fully saturated rings. The van der Waals surface area contributed by atoms with Crippen molar-refractivity contribution in [3.05, 3.63) is 59.2 Å². The minimum atomic E-state index is -4.35. The van der Waals surface area contributed by atoms with Crippen LogP contribution in [0.2, 0.25) is 0 Å². The van der Waals surface area contributed by atoms with Crippen LogP contribution in [0.5, 0.6) is 0 Å². The van der Waals surface area contributed by atoms with Gasteiger partial charge in [0, 0.05) is 5.56 Å². The van der Waals surface area contributed by atoms with E-state index in [1.807, 2.05) is 0 Å². The fourth-order valence-corrected chi connectivity index (χ4v) is 2.14. The van der Waals surface area contributed by atoms with Gasteiger partial charge in [0.05, 0.1) is 11.1 Å². The first-order valence-corrected chi connectivity index (χ1v) is 5.93. The van der Waals surface area contributed by atoms with E-state index in [1.165, 1.54) is 12.1 Å². The fourth-order valence-electron chi connectivity index (χ4n) is 2.14. The molecule has 2 aromatic carbocycles. The van der Waals surface area contributed by atoms with Gasteiger partial charge in [0.15, 0.2) is 0 Å². The van der Waals surface area contributed by atoms with E-state index in [4.69, 9.17) is 4.74 Å². The third-order valence-corrected chi connectivity index (χ3v) is 3.23. The van der Waals surface area contributed by atoms with Crippen molar-refractivity contribution >= 4 is 5.97 Å². The normalized spacial score (nSPS) is 14.1. The van der Waals surface area contributed by atoms with Gasteiger partial charge in [-0.3, -0.25) is 0 Å². The molecule has 0 saturated heterocycles. The van der Waals surface area contributed by atoms with Gasteiger partial charge in [0.2, 0.25) is 0 Å². The fraction of sp³-hybridized carbons (Fsp3) is 0.133. The Bertz CT molecular complexity index is 673.